The van der Waals surface area contributed by atoms with Gasteiger partial charge in [-0.15, -0.1) is 0 Å². The van der Waals surface area contributed by atoms with Gasteiger partial charge in [-0.25, -0.2) is 17.9 Å². The van der Waals surface area contributed by atoms with E-state index in [0.29, 0.717) is 29.3 Å². The number of anilines is 2. The Morgan fingerprint density at radius 1 is 1.30 bits per heavy atom. The number of carbonyl (C=O) groups is 1. The van der Waals surface area contributed by atoms with E-state index >= 15 is 0 Å². The molecule has 3 heterocycles. The number of nitrogens with one attached hydrogen (secondary N) is 3. The van der Waals surface area contributed by atoms with Gasteiger partial charge in [-0.1, -0.05) is 0 Å². The number of sulfonamides is 1. The molecule has 0 radical (unpaired) electrons. The first-order valence-corrected chi connectivity index (χ1v) is 12.5. The van der Waals surface area contributed by atoms with Gasteiger partial charge in [-0.3, -0.25) is 4.68 Å². The maximum Gasteiger partial charge on any atom is 0.407 e. The molecule has 2 aliphatic rings. The molecule has 1 aromatic heterocycles. The topological polar surface area (TPSA) is 124 Å². The Morgan fingerprint density at radius 2 is 2.06 bits per heavy atom. The lowest BCUT2D eigenvalue weighted by Crippen LogP contribution is -2.33. The summed E-state index contributed by atoms with van der Waals surface area (Å²) in [4.78, 5) is 12.3. The summed E-state index contributed by atoms with van der Waals surface area (Å²) in [5.41, 5.74) is 2.04. The number of nitrogens with zero attached hydrogens (tertiary/aromatic N) is 2. The van der Waals surface area contributed by atoms with Crippen LogP contribution in [-0.4, -0.2) is 43.0 Å². The summed E-state index contributed by atoms with van der Waals surface area (Å²) in [7, 11) is -3.40. The Balaban J connectivity index is 1.52. The molecule has 33 heavy (non-hydrogen) atoms. The number of fused-ring (bicyclic) bond motifs is 1. The van der Waals surface area contributed by atoms with E-state index in [1.165, 1.54) is 0 Å². The molecule has 3 N–H and O–H groups in total. The van der Waals surface area contributed by atoms with Crippen molar-refractivity contribution >= 4 is 27.6 Å². The summed E-state index contributed by atoms with van der Waals surface area (Å²) < 4.78 is 39.8. The van der Waals surface area contributed by atoms with Gasteiger partial charge >= 0.3 is 6.09 Å². The Bertz CT molecular complexity index is 1150. The number of hydrogen-bond acceptors (Lipinski definition) is 7. The van der Waals surface area contributed by atoms with Crippen molar-refractivity contribution in [3.05, 3.63) is 35.5 Å². The Morgan fingerprint density at radius 3 is 2.76 bits per heavy atom. The average Bonchev–Trinajstić information content (AvgIpc) is 3.38. The molecular weight excluding hydrogens is 446 g/mol. The third kappa shape index (κ3) is 5.15. The van der Waals surface area contributed by atoms with E-state index in [4.69, 9.17) is 14.6 Å². The number of benzene rings is 1. The van der Waals surface area contributed by atoms with E-state index in [-0.39, 0.29) is 30.3 Å². The van der Waals surface area contributed by atoms with Gasteiger partial charge in [0.1, 0.15) is 12.2 Å². The van der Waals surface area contributed by atoms with E-state index in [1.807, 2.05) is 30.7 Å². The van der Waals surface area contributed by atoms with Crippen LogP contribution in [-0.2, 0) is 31.6 Å². The summed E-state index contributed by atoms with van der Waals surface area (Å²) in [5, 5.41) is 10.7. The first-order valence-electron chi connectivity index (χ1n) is 11.0. The number of rotatable bonds is 5. The van der Waals surface area contributed by atoms with Crippen LogP contribution in [0.1, 0.15) is 58.4 Å². The van der Waals surface area contributed by atoms with Gasteiger partial charge < -0.3 is 20.1 Å². The highest BCUT2D eigenvalue weighted by Gasteiger charge is 2.34. The first kappa shape index (κ1) is 23.5. The molecule has 0 saturated carbocycles. The van der Waals surface area contributed by atoms with Crippen LogP contribution in [0.2, 0.25) is 0 Å². The zero-order valence-corrected chi connectivity index (χ0v) is 20.3. The van der Waals surface area contributed by atoms with Gasteiger partial charge in [-0.2, -0.15) is 5.10 Å². The Hall–Kier alpha value is -2.63. The number of amides is 1. The fraction of sp³-hybridized carbons (Fsp3) is 0.545. The lowest BCUT2D eigenvalue weighted by molar-refractivity contribution is 0.0657. The van der Waals surface area contributed by atoms with E-state index in [9.17, 15) is 13.2 Å². The van der Waals surface area contributed by atoms with Crippen molar-refractivity contribution in [1.82, 2.24) is 19.8 Å². The molecule has 1 saturated heterocycles. The van der Waals surface area contributed by atoms with Crippen LogP contribution in [0.25, 0.3) is 0 Å². The van der Waals surface area contributed by atoms with Crippen molar-refractivity contribution in [3.63, 3.8) is 0 Å². The van der Waals surface area contributed by atoms with Gasteiger partial charge in [0.15, 0.2) is 5.82 Å². The average molecular weight is 478 g/mol. The molecule has 1 fully saturated rings. The molecule has 2 atom stereocenters. The Labute approximate surface area is 194 Å². The summed E-state index contributed by atoms with van der Waals surface area (Å²) in [6, 6.07) is 7.06. The van der Waals surface area contributed by atoms with E-state index in [2.05, 4.69) is 36.1 Å². The molecule has 0 aliphatic carbocycles. The van der Waals surface area contributed by atoms with Crippen molar-refractivity contribution < 1.29 is 22.7 Å². The number of hydrogen-bond donors (Lipinski definition) is 3. The number of aromatic nitrogens is 2. The van der Waals surface area contributed by atoms with Crippen LogP contribution in [0, 0.1) is 0 Å². The highest BCUT2D eigenvalue weighted by atomic mass is 32.2. The molecule has 10 nitrogen and oxygen atoms in total. The molecular formula is C22H31N5O5S. The van der Waals surface area contributed by atoms with Crippen molar-refractivity contribution in [1.29, 1.82) is 0 Å². The van der Waals surface area contributed by atoms with Crippen LogP contribution < -0.4 is 15.4 Å². The van der Waals surface area contributed by atoms with Crippen LogP contribution in [0.5, 0.6) is 0 Å². The molecule has 1 aromatic carbocycles. The van der Waals surface area contributed by atoms with Gasteiger partial charge in [0.25, 0.3) is 0 Å². The summed E-state index contributed by atoms with van der Waals surface area (Å²) >= 11 is 0. The van der Waals surface area contributed by atoms with Gasteiger partial charge in [0.05, 0.1) is 22.7 Å². The van der Waals surface area contributed by atoms with E-state index in [0.717, 1.165) is 11.4 Å². The predicted octanol–water partition coefficient (Wildman–Crippen LogP) is 3.14. The molecule has 11 heteroatoms. The normalized spacial score (nSPS) is 21.8. The second-order valence-electron chi connectivity index (χ2n) is 9.69. The van der Waals surface area contributed by atoms with Crippen LogP contribution in [0.3, 0.4) is 0 Å². The highest BCUT2D eigenvalue weighted by Crippen LogP contribution is 2.35. The second-order valence-corrected chi connectivity index (χ2v) is 11.4. The van der Waals surface area contributed by atoms with Crippen LogP contribution in [0.15, 0.2) is 29.2 Å². The molecule has 0 spiro atoms. The zero-order valence-electron chi connectivity index (χ0n) is 19.5. The summed E-state index contributed by atoms with van der Waals surface area (Å²) in [6.45, 7) is 10.5. The Kier molecular flexibility index (Phi) is 6.14. The second kappa shape index (κ2) is 8.62. The zero-order chi connectivity index (χ0) is 24.0. The minimum Gasteiger partial charge on any atom is -0.444 e. The molecule has 1 amide bonds. The first-order chi connectivity index (χ1) is 15.4. The largest absolute Gasteiger partial charge is 0.444 e. The van der Waals surface area contributed by atoms with Crippen molar-refractivity contribution in [2.75, 3.05) is 11.9 Å². The third-order valence-corrected chi connectivity index (χ3v) is 6.92. The maximum atomic E-state index is 12.0. The maximum absolute atomic E-state index is 12.0. The lowest BCUT2D eigenvalue weighted by atomic mass is 10.1. The molecule has 2 aliphatic heterocycles. The fourth-order valence-corrected chi connectivity index (χ4v) is 5.21. The predicted molar refractivity (Wildman–Crippen MR) is 123 cm³/mol. The van der Waals surface area contributed by atoms with Crippen LogP contribution in [0.4, 0.5) is 16.3 Å². The number of carbonyl (C=O) groups excluding carboxylic acids is 1. The molecule has 2 aromatic rings. The van der Waals surface area contributed by atoms with Crippen LogP contribution >= 0.6 is 0 Å². The standard InChI is InChI=1S/C22H31N5O5S/c1-13(2)24-21(28)32-16-9-18(31-12-16)17-10-20(26-27(17)22(3,4)5)25-15-6-7-19-14(8-15)11-23-33(19,29)30/h6-8,10,13,16,18,23H,9,11-12H2,1-5H3,(H,24,28)(H,25,26)/t16-,18-/m0/s1. The van der Waals surface area contributed by atoms with Gasteiger partial charge in [0.2, 0.25) is 10.0 Å². The third-order valence-electron chi connectivity index (χ3n) is 5.42. The summed E-state index contributed by atoms with van der Waals surface area (Å²) in [5.74, 6) is 0.624. The summed E-state index contributed by atoms with van der Waals surface area (Å²) in [6.07, 6.45) is -0.507. The van der Waals surface area contributed by atoms with E-state index in [1.54, 1.807) is 12.1 Å². The fourth-order valence-electron chi connectivity index (χ4n) is 3.99. The van der Waals surface area contributed by atoms with Crippen molar-refractivity contribution in [3.8, 4) is 0 Å². The van der Waals surface area contributed by atoms with Gasteiger partial charge in [-0.05, 0) is 58.4 Å². The molecule has 4 rings (SSSR count). The number of alkyl carbamates (subject to hydrolysis) is 1. The van der Waals surface area contributed by atoms with Gasteiger partial charge in [0, 0.05) is 30.8 Å². The molecule has 180 valence electrons. The molecule has 0 bridgehead atoms. The van der Waals surface area contributed by atoms with Crippen molar-refractivity contribution in [2.24, 2.45) is 0 Å². The van der Waals surface area contributed by atoms with E-state index < -0.39 is 16.1 Å². The monoisotopic (exact) mass is 477 g/mol. The smallest absolute Gasteiger partial charge is 0.407 e. The number of ether oxygens (including phenoxy) is 2. The SMILES string of the molecule is CC(C)NC(=O)O[C@@H]1CO[C@H](c2cc(Nc3ccc4c(c3)CNS4(=O)=O)nn2C(C)(C)C)C1. The quantitative estimate of drug-likeness (QED) is 0.604. The minimum atomic E-state index is -3.40. The van der Waals surface area contributed by atoms with Crippen molar-refractivity contribution in [2.45, 2.75) is 76.3 Å². The molecule has 0 unspecified atom stereocenters. The lowest BCUT2D eigenvalue weighted by Gasteiger charge is -2.24. The highest BCUT2D eigenvalue weighted by molar-refractivity contribution is 7.89. The minimum absolute atomic E-state index is 0.00156.